The van der Waals surface area contributed by atoms with Crippen molar-refractivity contribution in [2.45, 2.75) is 26.8 Å². The van der Waals surface area contributed by atoms with Crippen LogP contribution in [0.1, 0.15) is 32.4 Å². The molecule has 1 unspecified atom stereocenters. The molecule has 0 saturated heterocycles. The highest BCUT2D eigenvalue weighted by atomic mass is 16.6. The molecule has 0 spiro atoms. The van der Waals surface area contributed by atoms with Crippen molar-refractivity contribution in [3.63, 3.8) is 0 Å². The Morgan fingerprint density at radius 2 is 1.86 bits per heavy atom. The highest BCUT2D eigenvalue weighted by molar-refractivity contribution is 5.44. The number of ether oxygens (including phenoxy) is 2. The van der Waals surface area contributed by atoms with E-state index in [1.54, 1.807) is 0 Å². The van der Waals surface area contributed by atoms with Gasteiger partial charge in [0.25, 0.3) is 0 Å². The minimum atomic E-state index is 0.305. The lowest BCUT2D eigenvalue weighted by atomic mass is 10.0. The van der Waals surface area contributed by atoms with E-state index in [2.05, 4.69) is 43.1 Å². The fourth-order valence-electron chi connectivity index (χ4n) is 2.75. The molecular formula is C17H28N2O2. The van der Waals surface area contributed by atoms with Gasteiger partial charge in [-0.1, -0.05) is 26.8 Å². The first-order valence-corrected chi connectivity index (χ1v) is 7.93. The molecule has 0 fully saturated rings. The second-order valence-electron chi connectivity index (χ2n) is 5.99. The van der Waals surface area contributed by atoms with Gasteiger partial charge in [-0.3, -0.25) is 0 Å². The van der Waals surface area contributed by atoms with Crippen molar-refractivity contribution < 1.29 is 9.47 Å². The quantitative estimate of drug-likeness (QED) is 0.838. The van der Waals surface area contributed by atoms with Gasteiger partial charge < -0.3 is 19.7 Å². The molecule has 4 nitrogen and oxygen atoms in total. The molecule has 1 atom stereocenters. The predicted molar refractivity (Wildman–Crippen MR) is 86.2 cm³/mol. The summed E-state index contributed by atoms with van der Waals surface area (Å²) in [4.78, 5) is 2.49. The third kappa shape index (κ3) is 4.35. The molecule has 4 heteroatoms. The molecule has 1 aliphatic heterocycles. The second kappa shape index (κ2) is 7.66. The predicted octanol–water partition coefficient (Wildman–Crippen LogP) is 2.70. The Kier molecular flexibility index (Phi) is 5.88. The van der Waals surface area contributed by atoms with Crippen LogP contribution in [-0.2, 0) is 0 Å². The fraction of sp³-hybridized carbons (Fsp3) is 0.647. The minimum Gasteiger partial charge on any atom is -0.486 e. The summed E-state index contributed by atoms with van der Waals surface area (Å²) < 4.78 is 11.3. The number of fused-ring (bicyclic) bond motifs is 1. The number of nitrogens with one attached hydrogen (secondary N) is 1. The van der Waals surface area contributed by atoms with Crippen LogP contribution < -0.4 is 14.8 Å². The lowest BCUT2D eigenvalue weighted by Gasteiger charge is -2.28. The van der Waals surface area contributed by atoms with Crippen molar-refractivity contribution >= 4 is 0 Å². The van der Waals surface area contributed by atoms with Gasteiger partial charge in [0.05, 0.1) is 0 Å². The Labute approximate surface area is 128 Å². The molecule has 2 rings (SSSR count). The highest BCUT2D eigenvalue weighted by Crippen LogP contribution is 2.32. The lowest BCUT2D eigenvalue weighted by Crippen LogP contribution is -2.36. The summed E-state index contributed by atoms with van der Waals surface area (Å²) in [5, 5.41) is 3.43. The van der Waals surface area contributed by atoms with Crippen LogP contribution in [-0.4, -0.2) is 44.8 Å². The van der Waals surface area contributed by atoms with Crippen molar-refractivity contribution in [1.29, 1.82) is 0 Å². The van der Waals surface area contributed by atoms with E-state index in [9.17, 15) is 0 Å². The van der Waals surface area contributed by atoms with Gasteiger partial charge in [-0.25, -0.2) is 0 Å². The number of likely N-dealkylation sites (N-methyl/N-ethyl adjacent to an activating group) is 2. The van der Waals surface area contributed by atoms with Gasteiger partial charge in [-0.05, 0) is 37.2 Å². The highest BCUT2D eigenvalue weighted by Gasteiger charge is 2.18. The minimum absolute atomic E-state index is 0.305. The van der Waals surface area contributed by atoms with Gasteiger partial charge in [0.1, 0.15) is 13.2 Å². The first-order valence-electron chi connectivity index (χ1n) is 7.93. The van der Waals surface area contributed by atoms with Crippen LogP contribution in [0.25, 0.3) is 0 Å². The van der Waals surface area contributed by atoms with E-state index in [-0.39, 0.29) is 0 Å². The van der Waals surface area contributed by atoms with E-state index in [1.807, 2.05) is 13.1 Å². The molecule has 1 aromatic rings. The summed E-state index contributed by atoms with van der Waals surface area (Å²) >= 11 is 0. The third-order valence-electron chi connectivity index (χ3n) is 3.83. The van der Waals surface area contributed by atoms with E-state index in [1.165, 1.54) is 5.56 Å². The Balaban J connectivity index is 2.09. The standard InChI is InChI=1S/C17H28N2O2/c1-5-19(11-13(2)3)12-15(18-4)14-6-7-16-17(10-14)21-9-8-20-16/h6-7,10,13,15,18H,5,8-9,11-12H2,1-4H3. The average Bonchev–Trinajstić information content (AvgIpc) is 2.50. The lowest BCUT2D eigenvalue weighted by molar-refractivity contribution is 0.171. The molecule has 0 aliphatic carbocycles. The molecule has 0 aromatic heterocycles. The molecule has 118 valence electrons. The normalized spacial score (nSPS) is 15.5. The van der Waals surface area contributed by atoms with Crippen molar-refractivity contribution in [3.05, 3.63) is 23.8 Å². The Bertz CT molecular complexity index is 448. The number of nitrogens with zero attached hydrogens (tertiary/aromatic N) is 1. The first kappa shape index (κ1) is 16.1. The monoisotopic (exact) mass is 292 g/mol. The smallest absolute Gasteiger partial charge is 0.161 e. The topological polar surface area (TPSA) is 33.7 Å². The van der Waals surface area contributed by atoms with Crippen LogP contribution in [0.15, 0.2) is 18.2 Å². The molecule has 1 N–H and O–H groups in total. The molecular weight excluding hydrogens is 264 g/mol. The summed E-state index contributed by atoms with van der Waals surface area (Å²) in [7, 11) is 2.02. The van der Waals surface area contributed by atoms with Crippen LogP contribution in [0.4, 0.5) is 0 Å². The van der Waals surface area contributed by atoms with Crippen LogP contribution in [0.2, 0.25) is 0 Å². The number of hydrogen-bond donors (Lipinski definition) is 1. The zero-order chi connectivity index (χ0) is 15.2. The molecule has 0 saturated carbocycles. The van der Waals surface area contributed by atoms with Gasteiger partial charge >= 0.3 is 0 Å². The van der Waals surface area contributed by atoms with Gasteiger partial charge in [-0.15, -0.1) is 0 Å². The molecule has 1 aliphatic rings. The average molecular weight is 292 g/mol. The number of rotatable bonds is 7. The van der Waals surface area contributed by atoms with Crippen LogP contribution in [0, 0.1) is 5.92 Å². The van der Waals surface area contributed by atoms with Gasteiger partial charge in [0.2, 0.25) is 0 Å². The van der Waals surface area contributed by atoms with E-state index < -0.39 is 0 Å². The van der Waals surface area contributed by atoms with E-state index >= 15 is 0 Å². The molecule has 21 heavy (non-hydrogen) atoms. The maximum Gasteiger partial charge on any atom is 0.161 e. The molecule has 0 radical (unpaired) electrons. The van der Waals surface area contributed by atoms with Crippen LogP contribution in [0.3, 0.4) is 0 Å². The van der Waals surface area contributed by atoms with Gasteiger partial charge in [0, 0.05) is 19.1 Å². The Morgan fingerprint density at radius 1 is 1.14 bits per heavy atom. The molecule has 0 bridgehead atoms. The summed E-state index contributed by atoms with van der Waals surface area (Å²) in [6.45, 7) is 11.2. The van der Waals surface area contributed by atoms with Crippen molar-refractivity contribution in [2.24, 2.45) is 5.92 Å². The number of hydrogen-bond acceptors (Lipinski definition) is 4. The zero-order valence-electron chi connectivity index (χ0n) is 13.7. The fourth-order valence-corrected chi connectivity index (χ4v) is 2.75. The summed E-state index contributed by atoms with van der Waals surface area (Å²) in [5.74, 6) is 2.41. The van der Waals surface area contributed by atoms with Crippen LogP contribution in [0.5, 0.6) is 11.5 Å². The van der Waals surface area contributed by atoms with Crippen molar-refractivity contribution in [1.82, 2.24) is 10.2 Å². The summed E-state index contributed by atoms with van der Waals surface area (Å²) in [5.41, 5.74) is 1.25. The number of benzene rings is 1. The maximum absolute atomic E-state index is 5.69. The van der Waals surface area contributed by atoms with E-state index in [0.29, 0.717) is 25.2 Å². The first-order chi connectivity index (χ1) is 10.1. The molecule has 0 amide bonds. The summed E-state index contributed by atoms with van der Waals surface area (Å²) in [6, 6.07) is 6.57. The molecule has 1 heterocycles. The largest absolute Gasteiger partial charge is 0.486 e. The zero-order valence-corrected chi connectivity index (χ0v) is 13.7. The van der Waals surface area contributed by atoms with Crippen LogP contribution >= 0.6 is 0 Å². The third-order valence-corrected chi connectivity index (χ3v) is 3.83. The van der Waals surface area contributed by atoms with Crippen molar-refractivity contribution in [3.8, 4) is 11.5 Å². The Hall–Kier alpha value is -1.26. The van der Waals surface area contributed by atoms with E-state index in [0.717, 1.165) is 31.1 Å². The van der Waals surface area contributed by atoms with Gasteiger partial charge in [0.15, 0.2) is 11.5 Å². The summed E-state index contributed by atoms with van der Waals surface area (Å²) in [6.07, 6.45) is 0. The SMILES string of the molecule is CCN(CC(C)C)CC(NC)c1ccc2c(c1)OCCO2. The molecule has 1 aromatic carbocycles. The van der Waals surface area contributed by atoms with Gasteiger partial charge in [-0.2, -0.15) is 0 Å². The maximum atomic E-state index is 5.69. The van der Waals surface area contributed by atoms with Crippen molar-refractivity contribution in [2.75, 3.05) is 39.9 Å². The second-order valence-corrected chi connectivity index (χ2v) is 5.99. The Morgan fingerprint density at radius 3 is 2.48 bits per heavy atom. The van der Waals surface area contributed by atoms with E-state index in [4.69, 9.17) is 9.47 Å².